The van der Waals surface area contributed by atoms with Crippen molar-refractivity contribution in [1.29, 1.82) is 0 Å². The Labute approximate surface area is 179 Å². The van der Waals surface area contributed by atoms with Crippen molar-refractivity contribution >= 4 is 35.1 Å². The Morgan fingerprint density at radius 3 is 2.52 bits per heavy atom. The summed E-state index contributed by atoms with van der Waals surface area (Å²) < 4.78 is 42.5. The maximum atomic E-state index is 12.8. The summed E-state index contributed by atoms with van der Waals surface area (Å²) in [4.78, 5) is 25.2. The van der Waals surface area contributed by atoms with Gasteiger partial charge >= 0.3 is 6.36 Å². The van der Waals surface area contributed by atoms with Crippen LogP contribution in [0.3, 0.4) is 0 Å². The zero-order valence-electron chi connectivity index (χ0n) is 16.1. The largest absolute Gasteiger partial charge is 0.573 e. The molecule has 0 saturated heterocycles. The maximum absolute atomic E-state index is 12.8. The van der Waals surface area contributed by atoms with E-state index in [0.29, 0.717) is 0 Å². The van der Waals surface area contributed by atoms with Gasteiger partial charge in [0.2, 0.25) is 5.96 Å². The molecule has 2 aromatic carbocycles. The lowest BCUT2D eigenvalue weighted by Crippen LogP contribution is -2.45. The first-order chi connectivity index (χ1) is 14.5. The SMILES string of the molecule is Cc1cccc(C(=O)Nc2c(OC(F)(F)F)ccc(C(=O)NC3=NNNN3C)c2Cl)c1. The number of hydrogen-bond acceptors (Lipinski definition) is 7. The van der Waals surface area contributed by atoms with Crippen molar-refractivity contribution in [2.75, 3.05) is 12.4 Å². The van der Waals surface area contributed by atoms with Gasteiger partial charge in [0.25, 0.3) is 11.8 Å². The molecule has 2 aromatic rings. The van der Waals surface area contributed by atoms with E-state index < -0.39 is 34.6 Å². The van der Waals surface area contributed by atoms with Gasteiger partial charge in [0, 0.05) is 12.6 Å². The number of ether oxygens (including phenoxy) is 1. The molecule has 2 amide bonds. The number of halogens is 4. The first-order valence-electron chi connectivity index (χ1n) is 8.65. The highest BCUT2D eigenvalue weighted by atomic mass is 35.5. The zero-order chi connectivity index (χ0) is 22.8. The number of guanidine groups is 1. The van der Waals surface area contributed by atoms with Crippen LogP contribution in [0.5, 0.6) is 5.75 Å². The highest BCUT2D eigenvalue weighted by Crippen LogP contribution is 2.38. The normalized spacial score (nSPS) is 13.4. The van der Waals surface area contributed by atoms with Gasteiger partial charge in [-0.25, -0.2) is 5.53 Å². The second-order valence-corrected chi connectivity index (χ2v) is 6.72. The van der Waals surface area contributed by atoms with Gasteiger partial charge in [0.1, 0.15) is 5.69 Å². The zero-order valence-corrected chi connectivity index (χ0v) is 16.9. The predicted octanol–water partition coefficient (Wildman–Crippen LogP) is 2.75. The molecule has 1 heterocycles. The van der Waals surface area contributed by atoms with Gasteiger partial charge in [0.05, 0.1) is 10.6 Å². The van der Waals surface area contributed by atoms with Gasteiger partial charge in [-0.2, -0.15) is 0 Å². The van der Waals surface area contributed by atoms with Crippen molar-refractivity contribution in [3.8, 4) is 5.75 Å². The number of rotatable bonds is 4. The number of alkyl halides is 3. The van der Waals surface area contributed by atoms with Crippen molar-refractivity contribution in [3.05, 3.63) is 58.1 Å². The van der Waals surface area contributed by atoms with E-state index in [0.717, 1.165) is 17.7 Å². The minimum atomic E-state index is -5.05. The first-order valence-corrected chi connectivity index (χ1v) is 9.02. The smallest absolute Gasteiger partial charge is 0.404 e. The summed E-state index contributed by atoms with van der Waals surface area (Å²) in [6.07, 6.45) is -5.05. The number of nitrogens with one attached hydrogen (secondary N) is 4. The first kappa shape index (κ1) is 22.2. The standard InChI is InChI=1S/C18H16ClF3N6O3/c1-9-4-3-5-10(8-9)15(29)23-14-12(31-18(20,21)22)7-6-11(13(14)19)16(30)24-17-25-26-27-28(17)2/h3-8,26-27H,1-2H3,(H,23,29)(H,24,25,30). The van der Waals surface area contributed by atoms with Crippen molar-refractivity contribution in [2.45, 2.75) is 13.3 Å². The van der Waals surface area contributed by atoms with E-state index in [1.165, 1.54) is 17.1 Å². The topological polar surface area (TPSA) is 107 Å². The van der Waals surface area contributed by atoms with Crippen LogP contribution in [0.25, 0.3) is 0 Å². The Morgan fingerprint density at radius 2 is 1.90 bits per heavy atom. The highest BCUT2D eigenvalue weighted by molar-refractivity contribution is 6.37. The van der Waals surface area contributed by atoms with Crippen LogP contribution < -0.4 is 26.4 Å². The quantitative estimate of drug-likeness (QED) is 0.563. The van der Waals surface area contributed by atoms with Gasteiger partial charge in [-0.15, -0.1) is 23.8 Å². The number of hydrazone groups is 1. The lowest BCUT2D eigenvalue weighted by atomic mass is 10.1. The molecule has 4 N–H and O–H groups in total. The number of anilines is 1. The monoisotopic (exact) mass is 456 g/mol. The summed E-state index contributed by atoms with van der Waals surface area (Å²) in [7, 11) is 1.55. The molecule has 0 radical (unpaired) electrons. The van der Waals surface area contributed by atoms with Crippen LogP contribution >= 0.6 is 11.6 Å². The van der Waals surface area contributed by atoms with Crippen molar-refractivity contribution in [1.82, 2.24) is 21.4 Å². The number of nitrogens with zero attached hydrogens (tertiary/aromatic N) is 2. The summed E-state index contributed by atoms with van der Waals surface area (Å²) >= 11 is 6.21. The summed E-state index contributed by atoms with van der Waals surface area (Å²) in [6.45, 7) is 1.75. The minimum Gasteiger partial charge on any atom is -0.404 e. The fourth-order valence-electron chi connectivity index (χ4n) is 2.59. The minimum absolute atomic E-state index is 0.0852. The molecule has 31 heavy (non-hydrogen) atoms. The third-order valence-corrected chi connectivity index (χ3v) is 4.41. The fourth-order valence-corrected chi connectivity index (χ4v) is 2.88. The molecule has 0 spiro atoms. The van der Waals surface area contributed by atoms with Crippen LogP contribution in [0, 0.1) is 6.92 Å². The molecule has 9 nitrogen and oxygen atoms in total. The van der Waals surface area contributed by atoms with Gasteiger partial charge in [-0.3, -0.25) is 19.9 Å². The van der Waals surface area contributed by atoms with Crippen LogP contribution in [-0.4, -0.2) is 36.2 Å². The number of hydrazine groups is 2. The van der Waals surface area contributed by atoms with Crippen LogP contribution in [0.4, 0.5) is 18.9 Å². The van der Waals surface area contributed by atoms with Crippen molar-refractivity contribution in [3.63, 3.8) is 0 Å². The molecule has 0 aliphatic carbocycles. The molecule has 3 rings (SSSR count). The van der Waals surface area contributed by atoms with E-state index in [2.05, 4.69) is 31.5 Å². The van der Waals surface area contributed by atoms with Crippen LogP contribution in [0.15, 0.2) is 41.5 Å². The molecule has 0 saturated carbocycles. The lowest BCUT2D eigenvalue weighted by molar-refractivity contribution is -0.274. The van der Waals surface area contributed by atoms with Gasteiger partial charge in [-0.1, -0.05) is 29.3 Å². The molecule has 1 aliphatic heterocycles. The molecule has 13 heteroatoms. The number of carbonyl (C=O) groups excluding carboxylic acids is 2. The highest BCUT2D eigenvalue weighted by Gasteiger charge is 2.34. The third-order valence-electron chi connectivity index (χ3n) is 4.02. The van der Waals surface area contributed by atoms with Gasteiger partial charge in [0.15, 0.2) is 5.75 Å². The molecule has 0 unspecified atom stereocenters. The molecule has 0 aromatic heterocycles. The Kier molecular flexibility index (Phi) is 6.22. The second-order valence-electron chi connectivity index (χ2n) is 6.34. The maximum Gasteiger partial charge on any atom is 0.573 e. The predicted molar refractivity (Wildman–Crippen MR) is 106 cm³/mol. The fraction of sp³-hybridized carbons (Fsp3) is 0.167. The summed E-state index contributed by atoms with van der Waals surface area (Å²) in [5.74, 6) is -2.19. The summed E-state index contributed by atoms with van der Waals surface area (Å²) in [5.41, 5.74) is 5.20. The average Bonchev–Trinajstić information content (AvgIpc) is 3.08. The molecule has 0 bridgehead atoms. The number of benzene rings is 2. The lowest BCUT2D eigenvalue weighted by Gasteiger charge is -2.18. The summed E-state index contributed by atoms with van der Waals surface area (Å²) in [6, 6.07) is 8.31. The van der Waals surface area contributed by atoms with Crippen LogP contribution in [0.2, 0.25) is 5.02 Å². The van der Waals surface area contributed by atoms with Gasteiger partial charge in [-0.05, 0) is 31.2 Å². The van der Waals surface area contributed by atoms with Gasteiger partial charge < -0.3 is 10.1 Å². The third kappa shape index (κ3) is 5.35. The molecular weight excluding hydrogens is 441 g/mol. The van der Waals surface area contributed by atoms with E-state index in [9.17, 15) is 22.8 Å². The Balaban J connectivity index is 1.96. The summed E-state index contributed by atoms with van der Waals surface area (Å²) in [5, 5.41) is 9.38. The average molecular weight is 457 g/mol. The molecule has 164 valence electrons. The van der Waals surface area contributed by atoms with Crippen molar-refractivity contribution in [2.24, 2.45) is 5.10 Å². The molecule has 1 aliphatic rings. The number of hydrogen-bond donors (Lipinski definition) is 4. The number of carbonyl (C=O) groups is 2. The van der Waals surface area contributed by atoms with E-state index in [4.69, 9.17) is 11.6 Å². The van der Waals surface area contributed by atoms with E-state index in [-0.39, 0.29) is 17.1 Å². The van der Waals surface area contributed by atoms with Crippen LogP contribution in [0.1, 0.15) is 26.3 Å². The van der Waals surface area contributed by atoms with Crippen LogP contribution in [-0.2, 0) is 0 Å². The molecule has 0 atom stereocenters. The second kappa shape index (κ2) is 8.70. The molecular formula is C18H16ClF3N6O3. The van der Waals surface area contributed by atoms with Crippen molar-refractivity contribution < 1.29 is 27.5 Å². The number of aryl methyl sites for hydroxylation is 1. The van der Waals surface area contributed by atoms with E-state index >= 15 is 0 Å². The van der Waals surface area contributed by atoms with E-state index in [1.807, 2.05) is 0 Å². The Morgan fingerprint density at radius 1 is 1.16 bits per heavy atom. The number of amides is 2. The van der Waals surface area contributed by atoms with E-state index in [1.54, 1.807) is 26.1 Å². The Bertz CT molecular complexity index is 1060. The Hall–Kier alpha value is -3.51. The molecule has 0 fully saturated rings.